The van der Waals surface area contributed by atoms with E-state index in [0.717, 1.165) is 5.92 Å². The van der Waals surface area contributed by atoms with E-state index in [0.29, 0.717) is 6.04 Å². The summed E-state index contributed by atoms with van der Waals surface area (Å²) in [7, 11) is 0. The zero-order valence-corrected chi connectivity index (χ0v) is 10.6. The molecule has 1 saturated carbocycles. The Morgan fingerprint density at radius 1 is 1.54 bits per heavy atom. The van der Waals surface area contributed by atoms with Crippen LogP contribution in [-0.4, -0.2) is 9.16 Å². The van der Waals surface area contributed by atoms with Gasteiger partial charge in [0, 0.05) is 11.7 Å². The molecule has 0 heterocycles. The maximum Gasteiger partial charge on any atom is 0.0591 e. The minimum atomic E-state index is 0.708. The monoisotopic (exact) mass is 291 g/mol. The highest BCUT2D eigenvalue weighted by molar-refractivity contribution is 14.1. The molecule has 1 rings (SSSR count). The Labute approximate surface area is 95.4 Å². The maximum absolute atomic E-state index is 3.97. The van der Waals surface area contributed by atoms with Crippen LogP contribution in [0.25, 0.3) is 0 Å². The normalized spacial score (nSPS) is 28.2. The predicted molar refractivity (Wildman–Crippen MR) is 66.6 cm³/mol. The average Bonchev–Trinajstić information content (AvgIpc) is 2.52. The molecule has 0 unspecified atom stereocenters. The molecule has 1 aliphatic carbocycles. The lowest BCUT2D eigenvalue weighted by molar-refractivity contribution is 0.446. The molecule has 0 amide bonds. The topological polar surface area (TPSA) is 3.24 Å². The van der Waals surface area contributed by atoms with Crippen molar-refractivity contribution in [2.75, 3.05) is 0 Å². The van der Waals surface area contributed by atoms with Crippen molar-refractivity contribution < 1.29 is 0 Å². The van der Waals surface area contributed by atoms with Crippen molar-refractivity contribution in [3.63, 3.8) is 0 Å². The molecular weight excluding hydrogens is 273 g/mol. The Kier molecular flexibility index (Phi) is 4.29. The Balaban J connectivity index is 2.45. The zero-order valence-electron chi connectivity index (χ0n) is 8.46. The van der Waals surface area contributed by atoms with Gasteiger partial charge in [-0.3, -0.25) is 0 Å². The van der Waals surface area contributed by atoms with E-state index in [1.165, 1.54) is 25.0 Å². The second-order valence-corrected chi connectivity index (χ2v) is 4.84. The number of hydrogen-bond donors (Lipinski definition) is 0. The maximum atomic E-state index is 3.97. The fraction of sp³-hybridized carbons (Fsp3) is 0.636. The molecule has 1 fully saturated rings. The van der Waals surface area contributed by atoms with Gasteiger partial charge in [-0.25, -0.2) is 0 Å². The number of rotatable bonds is 3. The van der Waals surface area contributed by atoms with E-state index in [1.54, 1.807) is 0 Å². The third kappa shape index (κ3) is 3.01. The van der Waals surface area contributed by atoms with E-state index in [4.69, 9.17) is 0 Å². The van der Waals surface area contributed by atoms with Crippen LogP contribution in [0.4, 0.5) is 0 Å². The van der Waals surface area contributed by atoms with Crippen molar-refractivity contribution in [1.82, 2.24) is 3.11 Å². The lowest BCUT2D eigenvalue weighted by Crippen LogP contribution is -2.21. The number of halogens is 1. The molecule has 0 aliphatic heterocycles. The van der Waals surface area contributed by atoms with Crippen LogP contribution in [0, 0.1) is 5.92 Å². The van der Waals surface area contributed by atoms with Gasteiger partial charge in [-0.05, 0) is 39.0 Å². The molecule has 0 aromatic rings. The van der Waals surface area contributed by atoms with E-state index < -0.39 is 0 Å². The summed E-state index contributed by atoms with van der Waals surface area (Å²) in [6.07, 6.45) is 8.45. The van der Waals surface area contributed by atoms with Gasteiger partial charge in [0.1, 0.15) is 0 Å². The van der Waals surface area contributed by atoms with Crippen LogP contribution in [0.5, 0.6) is 0 Å². The molecule has 0 radical (unpaired) electrons. The Morgan fingerprint density at radius 2 is 2.23 bits per heavy atom. The summed E-state index contributed by atoms with van der Waals surface area (Å²) >= 11 is 2.38. The molecule has 74 valence electrons. The third-order valence-electron chi connectivity index (χ3n) is 2.60. The Morgan fingerprint density at radius 3 is 2.77 bits per heavy atom. The van der Waals surface area contributed by atoms with E-state index in [2.05, 4.69) is 58.6 Å². The van der Waals surface area contributed by atoms with Gasteiger partial charge in [0.25, 0.3) is 0 Å². The predicted octanol–water partition coefficient (Wildman–Crippen LogP) is 3.92. The minimum Gasteiger partial charge on any atom is -0.316 e. The van der Waals surface area contributed by atoms with E-state index >= 15 is 0 Å². The first-order valence-electron chi connectivity index (χ1n) is 4.88. The van der Waals surface area contributed by atoms with Crippen LogP contribution in [0.2, 0.25) is 0 Å². The second-order valence-electron chi connectivity index (χ2n) is 3.80. The summed E-state index contributed by atoms with van der Waals surface area (Å²) in [4.78, 5) is 0. The van der Waals surface area contributed by atoms with Crippen LogP contribution in [0.3, 0.4) is 0 Å². The van der Waals surface area contributed by atoms with Crippen molar-refractivity contribution in [2.24, 2.45) is 5.92 Å². The fourth-order valence-electron chi connectivity index (χ4n) is 1.96. The third-order valence-corrected chi connectivity index (χ3v) is 4.21. The lowest BCUT2D eigenvalue weighted by atomic mass is 10.1. The molecule has 2 heteroatoms. The minimum absolute atomic E-state index is 0.708. The van der Waals surface area contributed by atoms with Crippen molar-refractivity contribution in [3.8, 4) is 0 Å². The van der Waals surface area contributed by atoms with Gasteiger partial charge >= 0.3 is 0 Å². The van der Waals surface area contributed by atoms with Crippen LogP contribution >= 0.6 is 22.9 Å². The zero-order chi connectivity index (χ0) is 9.84. The molecule has 0 N–H and O–H groups in total. The summed E-state index contributed by atoms with van der Waals surface area (Å²) in [6, 6.07) is 0.708. The average molecular weight is 291 g/mol. The molecular formula is C11H18IN. The van der Waals surface area contributed by atoms with Gasteiger partial charge in [-0.2, -0.15) is 0 Å². The molecule has 0 spiro atoms. The van der Waals surface area contributed by atoms with Gasteiger partial charge in [-0.1, -0.05) is 18.7 Å². The first kappa shape index (κ1) is 11.1. The highest BCUT2D eigenvalue weighted by Crippen LogP contribution is 2.33. The highest BCUT2D eigenvalue weighted by Gasteiger charge is 2.26. The molecule has 0 aromatic carbocycles. The summed E-state index contributed by atoms with van der Waals surface area (Å²) in [5.41, 5.74) is 1.17. The summed E-state index contributed by atoms with van der Waals surface area (Å²) in [5.74, 6) is 0.798. The first-order valence-corrected chi connectivity index (χ1v) is 5.85. The van der Waals surface area contributed by atoms with Crippen LogP contribution in [0.15, 0.2) is 24.4 Å². The van der Waals surface area contributed by atoms with Crippen molar-refractivity contribution in [1.29, 1.82) is 0 Å². The summed E-state index contributed by atoms with van der Waals surface area (Å²) < 4.78 is 2.29. The van der Waals surface area contributed by atoms with Crippen molar-refractivity contribution >= 4 is 22.9 Å². The molecule has 1 nitrogen and oxygen atoms in total. The van der Waals surface area contributed by atoms with Crippen LogP contribution in [-0.2, 0) is 0 Å². The van der Waals surface area contributed by atoms with Crippen LogP contribution < -0.4 is 0 Å². The SMILES string of the molecule is C=C(C)N(I)[C@@H]1CC[C@@H](/C=C/C)C1. The second kappa shape index (κ2) is 5.03. The van der Waals surface area contributed by atoms with Gasteiger partial charge in [0.05, 0.1) is 22.9 Å². The van der Waals surface area contributed by atoms with Crippen LogP contribution in [0.1, 0.15) is 33.1 Å². The molecule has 2 atom stereocenters. The van der Waals surface area contributed by atoms with Crippen molar-refractivity contribution in [3.05, 3.63) is 24.4 Å². The van der Waals surface area contributed by atoms with Gasteiger partial charge in [0.15, 0.2) is 0 Å². The largest absolute Gasteiger partial charge is 0.316 e. The highest BCUT2D eigenvalue weighted by atomic mass is 127. The van der Waals surface area contributed by atoms with E-state index in [-0.39, 0.29) is 0 Å². The van der Waals surface area contributed by atoms with Crippen molar-refractivity contribution in [2.45, 2.75) is 39.2 Å². The molecule has 0 saturated heterocycles. The number of nitrogens with zero attached hydrogens (tertiary/aromatic N) is 1. The van der Waals surface area contributed by atoms with Gasteiger partial charge in [-0.15, -0.1) is 0 Å². The molecule has 13 heavy (non-hydrogen) atoms. The fourth-order valence-corrected chi connectivity index (χ4v) is 2.46. The smallest absolute Gasteiger partial charge is 0.0591 e. The number of hydrogen-bond acceptors (Lipinski definition) is 1. The molecule has 0 aromatic heterocycles. The molecule has 0 bridgehead atoms. The quantitative estimate of drug-likeness (QED) is 0.433. The van der Waals surface area contributed by atoms with Gasteiger partial charge in [0.2, 0.25) is 0 Å². The summed E-state index contributed by atoms with van der Waals surface area (Å²) in [6.45, 7) is 8.15. The van der Waals surface area contributed by atoms with E-state index in [9.17, 15) is 0 Å². The molecule has 1 aliphatic rings. The lowest BCUT2D eigenvalue weighted by Gasteiger charge is -2.23. The first-order chi connectivity index (χ1) is 6.15. The van der Waals surface area contributed by atoms with E-state index in [1.807, 2.05) is 0 Å². The number of allylic oxidation sites excluding steroid dienone is 3. The summed E-state index contributed by atoms with van der Waals surface area (Å²) in [5, 5.41) is 0. The Bertz CT molecular complexity index is 210. The standard InChI is InChI=1S/C11H18IN/c1-4-5-10-6-7-11(8-10)13(12)9(2)3/h4-5,10-11H,2,6-8H2,1,3H3/b5-4+/t10-,11-/m1/s1. The Hall–Kier alpha value is 0.01000. The van der Waals surface area contributed by atoms with Gasteiger partial charge < -0.3 is 3.11 Å².